The van der Waals surface area contributed by atoms with Crippen molar-refractivity contribution < 1.29 is 14.7 Å². The summed E-state index contributed by atoms with van der Waals surface area (Å²) in [7, 11) is 0. The first-order valence-corrected chi connectivity index (χ1v) is 6.92. The predicted octanol–water partition coefficient (Wildman–Crippen LogP) is 2.07. The molecule has 1 aliphatic heterocycles. The van der Waals surface area contributed by atoms with Crippen molar-refractivity contribution in [2.75, 3.05) is 6.54 Å². The summed E-state index contributed by atoms with van der Waals surface area (Å²) in [6.07, 6.45) is 1.20. The Balaban J connectivity index is 1.61. The number of carbonyl (C=O) groups is 2. The number of aromatic carboxylic acids is 1. The van der Waals surface area contributed by atoms with Crippen molar-refractivity contribution in [3.05, 3.63) is 34.9 Å². The van der Waals surface area contributed by atoms with Crippen LogP contribution in [0.1, 0.15) is 34.8 Å². The summed E-state index contributed by atoms with van der Waals surface area (Å²) in [6, 6.07) is 4.99. The van der Waals surface area contributed by atoms with E-state index in [2.05, 4.69) is 12.2 Å². The first-order chi connectivity index (χ1) is 9.54. The highest BCUT2D eigenvalue weighted by Gasteiger charge is 2.33. The Labute approximate surface area is 117 Å². The maximum atomic E-state index is 12.1. The minimum atomic E-state index is -0.932. The van der Waals surface area contributed by atoms with Crippen molar-refractivity contribution in [1.82, 2.24) is 10.2 Å². The number of nitrogens with one attached hydrogen (secondary N) is 1. The molecule has 2 aliphatic rings. The van der Waals surface area contributed by atoms with Crippen molar-refractivity contribution in [3.63, 3.8) is 0 Å². The number of carbonyl (C=O) groups excluding carboxylic acids is 1. The fourth-order valence-electron chi connectivity index (χ4n) is 2.68. The predicted molar refractivity (Wildman–Crippen MR) is 73.3 cm³/mol. The third kappa shape index (κ3) is 2.48. The molecule has 106 valence electrons. The molecule has 0 saturated heterocycles. The van der Waals surface area contributed by atoms with E-state index in [9.17, 15) is 9.59 Å². The first kappa shape index (κ1) is 13.0. The highest BCUT2D eigenvalue weighted by molar-refractivity contribution is 5.88. The summed E-state index contributed by atoms with van der Waals surface area (Å²) < 4.78 is 0. The van der Waals surface area contributed by atoms with Crippen molar-refractivity contribution in [1.29, 1.82) is 0 Å². The number of carboxylic acids is 1. The Kier molecular flexibility index (Phi) is 3.12. The van der Waals surface area contributed by atoms with E-state index in [0.29, 0.717) is 19.0 Å². The zero-order valence-corrected chi connectivity index (χ0v) is 11.4. The molecule has 1 fully saturated rings. The Morgan fingerprint density at radius 2 is 2.05 bits per heavy atom. The van der Waals surface area contributed by atoms with Crippen LogP contribution in [0.2, 0.25) is 0 Å². The Hall–Kier alpha value is -2.04. The summed E-state index contributed by atoms with van der Waals surface area (Å²) in [5.74, 6) is 0.421. The number of nitrogens with zero attached hydrogens (tertiary/aromatic N) is 1. The van der Waals surface area contributed by atoms with Gasteiger partial charge in [-0.25, -0.2) is 9.59 Å². The number of carboxylic acid groups (broad SMARTS) is 1. The molecule has 0 aromatic heterocycles. The van der Waals surface area contributed by atoms with Gasteiger partial charge in [-0.05, 0) is 41.5 Å². The molecule has 2 N–H and O–H groups in total. The van der Waals surface area contributed by atoms with Gasteiger partial charge in [-0.15, -0.1) is 0 Å². The van der Waals surface area contributed by atoms with Gasteiger partial charge in [-0.1, -0.05) is 13.0 Å². The van der Waals surface area contributed by atoms with Crippen LogP contribution >= 0.6 is 0 Å². The standard InChI is InChI=1S/C15H18N2O3/c1-9-4-12(9)6-16-15(20)17-7-11-3-2-10(14(18)19)5-13(11)8-17/h2-3,5,9,12H,4,6-8H2,1H3,(H,16,20)(H,18,19). The van der Waals surface area contributed by atoms with E-state index in [1.54, 1.807) is 23.1 Å². The molecule has 1 heterocycles. The van der Waals surface area contributed by atoms with Gasteiger partial charge >= 0.3 is 12.0 Å². The SMILES string of the molecule is CC1CC1CNC(=O)N1Cc2ccc(C(=O)O)cc2C1. The van der Waals surface area contributed by atoms with Crippen LogP contribution in [-0.2, 0) is 13.1 Å². The number of hydrogen-bond donors (Lipinski definition) is 2. The first-order valence-electron chi connectivity index (χ1n) is 6.92. The zero-order valence-electron chi connectivity index (χ0n) is 11.4. The quantitative estimate of drug-likeness (QED) is 0.886. The van der Waals surface area contributed by atoms with Gasteiger partial charge in [0.15, 0.2) is 0 Å². The lowest BCUT2D eigenvalue weighted by molar-refractivity contribution is 0.0696. The number of benzene rings is 1. The summed E-state index contributed by atoms with van der Waals surface area (Å²) in [5, 5.41) is 11.9. The van der Waals surface area contributed by atoms with Crippen LogP contribution in [0.25, 0.3) is 0 Å². The molecule has 1 aromatic carbocycles. The average molecular weight is 274 g/mol. The van der Waals surface area contributed by atoms with Crippen molar-refractivity contribution in [2.45, 2.75) is 26.4 Å². The molecule has 5 nitrogen and oxygen atoms in total. The number of rotatable bonds is 3. The van der Waals surface area contributed by atoms with Gasteiger partial charge in [0, 0.05) is 19.6 Å². The highest BCUT2D eigenvalue weighted by atomic mass is 16.4. The monoisotopic (exact) mass is 274 g/mol. The summed E-state index contributed by atoms with van der Waals surface area (Å²) in [5.41, 5.74) is 2.24. The summed E-state index contributed by atoms with van der Waals surface area (Å²) >= 11 is 0. The number of urea groups is 1. The molecule has 2 atom stereocenters. The number of hydrogen-bond acceptors (Lipinski definition) is 2. The van der Waals surface area contributed by atoms with E-state index in [1.807, 2.05) is 0 Å². The zero-order chi connectivity index (χ0) is 14.3. The molecule has 20 heavy (non-hydrogen) atoms. The van der Waals surface area contributed by atoms with Gasteiger partial charge < -0.3 is 15.3 Å². The lowest BCUT2D eigenvalue weighted by Gasteiger charge is -2.16. The molecular weight excluding hydrogens is 256 g/mol. The maximum absolute atomic E-state index is 12.1. The fourth-order valence-corrected chi connectivity index (χ4v) is 2.68. The van der Waals surface area contributed by atoms with Crippen molar-refractivity contribution >= 4 is 12.0 Å². The van der Waals surface area contributed by atoms with Gasteiger partial charge in [-0.2, -0.15) is 0 Å². The van der Waals surface area contributed by atoms with Crippen LogP contribution in [-0.4, -0.2) is 28.6 Å². The molecule has 5 heteroatoms. The topological polar surface area (TPSA) is 69.6 Å². The summed E-state index contributed by atoms with van der Waals surface area (Å²) in [4.78, 5) is 24.7. The van der Waals surface area contributed by atoms with E-state index in [0.717, 1.165) is 23.6 Å². The van der Waals surface area contributed by atoms with Crippen LogP contribution in [0, 0.1) is 11.8 Å². The van der Waals surface area contributed by atoms with Crippen LogP contribution in [0.4, 0.5) is 4.79 Å². The normalized spacial score (nSPS) is 23.4. The van der Waals surface area contributed by atoms with Gasteiger partial charge in [0.1, 0.15) is 0 Å². The van der Waals surface area contributed by atoms with Gasteiger partial charge in [0.2, 0.25) is 0 Å². The lowest BCUT2D eigenvalue weighted by Crippen LogP contribution is -2.37. The maximum Gasteiger partial charge on any atom is 0.335 e. The van der Waals surface area contributed by atoms with E-state index in [4.69, 9.17) is 5.11 Å². The molecule has 2 unspecified atom stereocenters. The molecule has 1 saturated carbocycles. The van der Waals surface area contributed by atoms with Gasteiger partial charge in [0.25, 0.3) is 0 Å². The van der Waals surface area contributed by atoms with Crippen LogP contribution in [0.3, 0.4) is 0 Å². The van der Waals surface area contributed by atoms with Gasteiger partial charge in [-0.3, -0.25) is 0 Å². The Morgan fingerprint density at radius 3 is 2.70 bits per heavy atom. The summed E-state index contributed by atoms with van der Waals surface area (Å²) in [6.45, 7) is 3.98. The highest BCUT2D eigenvalue weighted by Crippen LogP contribution is 2.36. The molecule has 3 rings (SSSR count). The van der Waals surface area contributed by atoms with E-state index < -0.39 is 5.97 Å². The van der Waals surface area contributed by atoms with E-state index in [1.165, 1.54) is 6.42 Å². The molecule has 1 aliphatic carbocycles. The second kappa shape index (κ2) is 4.81. The van der Waals surface area contributed by atoms with E-state index in [-0.39, 0.29) is 11.6 Å². The minimum absolute atomic E-state index is 0.0582. The van der Waals surface area contributed by atoms with Crippen molar-refractivity contribution in [3.8, 4) is 0 Å². The molecule has 0 radical (unpaired) electrons. The van der Waals surface area contributed by atoms with Crippen LogP contribution in [0.15, 0.2) is 18.2 Å². The third-order valence-electron chi connectivity index (χ3n) is 4.25. The largest absolute Gasteiger partial charge is 0.478 e. The fraction of sp³-hybridized carbons (Fsp3) is 0.467. The molecule has 0 bridgehead atoms. The Bertz CT molecular complexity index is 570. The lowest BCUT2D eigenvalue weighted by atomic mass is 10.1. The second-order valence-corrected chi connectivity index (χ2v) is 5.80. The molecule has 0 spiro atoms. The molecule has 2 amide bonds. The van der Waals surface area contributed by atoms with E-state index >= 15 is 0 Å². The number of fused-ring (bicyclic) bond motifs is 1. The third-order valence-corrected chi connectivity index (χ3v) is 4.25. The molecular formula is C15H18N2O3. The Morgan fingerprint density at radius 1 is 1.35 bits per heavy atom. The van der Waals surface area contributed by atoms with Crippen molar-refractivity contribution in [2.24, 2.45) is 11.8 Å². The smallest absolute Gasteiger partial charge is 0.335 e. The van der Waals surface area contributed by atoms with Crippen LogP contribution in [0.5, 0.6) is 0 Å². The average Bonchev–Trinajstić information content (AvgIpc) is 2.97. The minimum Gasteiger partial charge on any atom is -0.478 e. The molecule has 1 aromatic rings. The van der Waals surface area contributed by atoms with Crippen LogP contribution < -0.4 is 5.32 Å². The second-order valence-electron chi connectivity index (χ2n) is 5.80. The number of amides is 2. The van der Waals surface area contributed by atoms with Gasteiger partial charge in [0.05, 0.1) is 5.56 Å².